The molecule has 0 radical (unpaired) electrons. The minimum absolute atomic E-state index is 0.0553. The van der Waals surface area contributed by atoms with Crippen molar-refractivity contribution in [1.29, 1.82) is 0 Å². The molecular formula is C64H83N5O9S. The number of aryl methyl sites for hydroxylation is 1. The van der Waals surface area contributed by atoms with Crippen LogP contribution in [0.1, 0.15) is 127 Å². The molecule has 5 aliphatic rings. The molecule has 1 aromatic heterocycles. The van der Waals surface area contributed by atoms with Crippen LogP contribution in [0.25, 0.3) is 16.5 Å². The van der Waals surface area contributed by atoms with Gasteiger partial charge in [0.05, 0.1) is 52.7 Å². The number of pyridine rings is 1. The molecular weight excluding hydrogens is 1010 g/mol. The monoisotopic (exact) mass is 1100 g/mol. The number of carbonyl (C=O) groups excluding carboxylic acids is 3. The molecule has 0 bridgehead atoms. The number of ether oxygens (including phenoxy) is 6. The number of nitrogen functional groups attached to an aromatic ring is 1. The second-order valence-corrected chi connectivity index (χ2v) is 20.8. The van der Waals surface area contributed by atoms with Crippen LogP contribution >= 0.6 is 11.8 Å². The molecule has 0 spiro atoms. The zero-order valence-corrected chi connectivity index (χ0v) is 48.2. The van der Waals surface area contributed by atoms with Crippen molar-refractivity contribution < 1.29 is 42.8 Å². The first kappa shape index (κ1) is 61.2. The summed E-state index contributed by atoms with van der Waals surface area (Å²) in [6.07, 6.45) is 17.6. The summed E-state index contributed by atoms with van der Waals surface area (Å²) in [5.41, 5.74) is 24.7. The number of nitrogens with zero attached hydrogens (tertiary/aromatic N) is 1. The third kappa shape index (κ3) is 17.8. The van der Waals surface area contributed by atoms with Crippen LogP contribution in [0.3, 0.4) is 0 Å². The molecule has 5 aromatic rings. The van der Waals surface area contributed by atoms with E-state index in [1.165, 1.54) is 69.6 Å². The Bertz CT molecular complexity index is 2880. The van der Waals surface area contributed by atoms with Gasteiger partial charge in [-0.3, -0.25) is 14.6 Å². The van der Waals surface area contributed by atoms with Crippen LogP contribution in [0, 0.1) is 5.92 Å². The number of hydrogen-bond donors (Lipinski definition) is 4. The minimum atomic E-state index is -0.460. The molecule has 1 atom stereocenters. The van der Waals surface area contributed by atoms with Crippen molar-refractivity contribution in [2.75, 3.05) is 70.3 Å². The molecule has 0 amide bonds. The second-order valence-electron chi connectivity index (χ2n) is 19.7. The fourth-order valence-corrected chi connectivity index (χ4v) is 11.3. The van der Waals surface area contributed by atoms with Gasteiger partial charge in [0.2, 0.25) is 0 Å². The number of ketones is 1. The molecule has 10 rings (SSSR count). The van der Waals surface area contributed by atoms with Gasteiger partial charge in [-0.1, -0.05) is 13.0 Å². The van der Waals surface area contributed by atoms with Crippen molar-refractivity contribution in [3.8, 4) is 23.0 Å². The van der Waals surface area contributed by atoms with Crippen molar-refractivity contribution in [3.05, 3.63) is 131 Å². The van der Waals surface area contributed by atoms with E-state index in [1.807, 2.05) is 67.2 Å². The maximum atomic E-state index is 12.0. The number of benzene rings is 4. The largest absolute Gasteiger partial charge is 0.497 e. The lowest BCUT2D eigenvalue weighted by Gasteiger charge is -2.30. The van der Waals surface area contributed by atoms with E-state index in [1.54, 1.807) is 47.5 Å². The lowest BCUT2D eigenvalue weighted by atomic mass is 9.85. The van der Waals surface area contributed by atoms with E-state index in [0.29, 0.717) is 26.1 Å². The van der Waals surface area contributed by atoms with Crippen molar-refractivity contribution in [2.24, 2.45) is 11.7 Å². The third-order valence-electron chi connectivity index (χ3n) is 14.3. The summed E-state index contributed by atoms with van der Waals surface area (Å²) in [7, 11) is 6.69. The first-order valence-electron chi connectivity index (χ1n) is 28.0. The lowest BCUT2D eigenvalue weighted by Crippen LogP contribution is -2.28. The van der Waals surface area contributed by atoms with E-state index < -0.39 is 5.92 Å². The number of aromatic nitrogens is 1. The van der Waals surface area contributed by atoms with Gasteiger partial charge in [-0.15, -0.1) is 11.8 Å². The molecule has 1 saturated carbocycles. The number of Topliss-reactive ketones (excluding diaryl/α,β-unsaturated/α-hetero) is 1. The van der Waals surface area contributed by atoms with E-state index in [2.05, 4.69) is 41.5 Å². The Morgan fingerprint density at radius 3 is 2.00 bits per heavy atom. The van der Waals surface area contributed by atoms with Crippen LogP contribution < -0.4 is 41.0 Å². The van der Waals surface area contributed by atoms with Gasteiger partial charge >= 0.3 is 11.9 Å². The molecule has 424 valence electrons. The number of allylic oxidation sites excluding steroid dienone is 4. The summed E-state index contributed by atoms with van der Waals surface area (Å²) in [5.74, 6) is 3.60. The Balaban J connectivity index is 0.000000164. The third-order valence-corrected chi connectivity index (χ3v) is 15.5. The normalized spacial score (nSPS) is 16.1. The first-order chi connectivity index (χ1) is 38.4. The molecule has 4 aliphatic carbocycles. The van der Waals surface area contributed by atoms with Crippen LogP contribution in [0.15, 0.2) is 119 Å². The van der Waals surface area contributed by atoms with Crippen molar-refractivity contribution in [3.63, 3.8) is 0 Å². The van der Waals surface area contributed by atoms with E-state index in [0.717, 1.165) is 140 Å². The molecule has 6 N–H and O–H groups in total. The van der Waals surface area contributed by atoms with E-state index in [9.17, 15) is 14.4 Å². The Hall–Kier alpha value is -6.97. The first-order valence-corrected chi connectivity index (χ1v) is 29.0. The van der Waals surface area contributed by atoms with Crippen LogP contribution in [0.4, 0.5) is 17.1 Å². The Morgan fingerprint density at radius 1 is 0.709 bits per heavy atom. The fraction of sp³-hybridized carbons (Fsp3) is 0.438. The smallest absolute Gasteiger partial charge is 0.335 e. The number of esters is 2. The number of anilines is 3. The highest BCUT2D eigenvalue weighted by Crippen LogP contribution is 2.43. The number of nitrogens with one attached hydrogen (secondary N) is 2. The van der Waals surface area contributed by atoms with Crippen molar-refractivity contribution >= 4 is 63.0 Å². The van der Waals surface area contributed by atoms with Gasteiger partial charge in [0.25, 0.3) is 0 Å². The number of hydrogen-bond acceptors (Lipinski definition) is 15. The van der Waals surface area contributed by atoms with Gasteiger partial charge in [-0.05, 0) is 224 Å². The van der Waals surface area contributed by atoms with Crippen LogP contribution in [0.2, 0.25) is 0 Å². The Kier molecular flexibility index (Phi) is 25.0. The highest BCUT2D eigenvalue weighted by atomic mass is 32.2. The van der Waals surface area contributed by atoms with Gasteiger partial charge in [0.1, 0.15) is 34.7 Å². The molecule has 15 heteroatoms. The number of nitrogens with two attached hydrogens (primary N) is 2. The quantitative estimate of drug-likeness (QED) is 0.0269. The van der Waals surface area contributed by atoms with E-state index in [4.69, 9.17) is 44.9 Å². The summed E-state index contributed by atoms with van der Waals surface area (Å²) in [5, 5.41) is 8.12. The molecule has 1 unspecified atom stereocenters. The minimum Gasteiger partial charge on any atom is -0.497 e. The Labute approximate surface area is 472 Å². The predicted octanol–water partition coefficient (Wildman–Crippen LogP) is 13.6. The lowest BCUT2D eigenvalue weighted by molar-refractivity contribution is -0.152. The van der Waals surface area contributed by atoms with E-state index in [-0.39, 0.29) is 17.7 Å². The second kappa shape index (κ2) is 32.2. The SMILES string of the molecule is C=C1C2=C(CCCC2)Nc2ccc(OC)cc21.CCOC(=O)C1=C(Nc2ccc(OC)cc2)CCCC1.CCOC(=O)C1CCCCC1=O.COc1ccc(N)cc1.COc1ccc2nc3c(c(SCCCN)c2c1)CCCC3. The average Bonchev–Trinajstić information content (AvgIpc) is 3.57. The molecule has 79 heavy (non-hydrogen) atoms. The van der Waals surface area contributed by atoms with Crippen molar-refractivity contribution in [2.45, 2.75) is 128 Å². The molecule has 0 saturated heterocycles. The number of methoxy groups -OCH3 is 4. The van der Waals surface area contributed by atoms with Crippen LogP contribution in [0.5, 0.6) is 23.0 Å². The fourth-order valence-electron chi connectivity index (χ4n) is 10.0. The van der Waals surface area contributed by atoms with Crippen LogP contribution in [-0.2, 0) is 36.7 Å². The molecule has 2 heterocycles. The maximum absolute atomic E-state index is 12.0. The summed E-state index contributed by atoms with van der Waals surface area (Å²) in [4.78, 5) is 40.6. The van der Waals surface area contributed by atoms with Crippen LogP contribution in [-0.4, -0.2) is 76.7 Å². The predicted molar refractivity (Wildman–Crippen MR) is 320 cm³/mol. The maximum Gasteiger partial charge on any atom is 0.335 e. The van der Waals surface area contributed by atoms with Gasteiger partial charge < -0.3 is 50.5 Å². The van der Waals surface area contributed by atoms with Gasteiger partial charge in [-0.2, -0.15) is 0 Å². The molecule has 1 fully saturated rings. The molecule has 1 aliphatic heterocycles. The topological polar surface area (TPSA) is 196 Å². The summed E-state index contributed by atoms with van der Waals surface area (Å²) >= 11 is 1.93. The molecule has 4 aromatic carbocycles. The summed E-state index contributed by atoms with van der Waals surface area (Å²) in [6, 6.07) is 27.3. The van der Waals surface area contributed by atoms with E-state index >= 15 is 0 Å². The zero-order valence-electron chi connectivity index (χ0n) is 47.4. The number of thioether (sulfide) groups is 1. The number of rotatable bonds is 14. The Morgan fingerprint density at radius 2 is 1.32 bits per heavy atom. The number of fused-ring (bicyclic) bond motifs is 3. The zero-order chi connectivity index (χ0) is 56.5. The van der Waals surface area contributed by atoms with Gasteiger partial charge in [0, 0.05) is 56.4 Å². The summed E-state index contributed by atoms with van der Waals surface area (Å²) in [6.45, 7) is 9.38. The summed E-state index contributed by atoms with van der Waals surface area (Å²) < 4.78 is 30.6. The van der Waals surface area contributed by atoms with Gasteiger partial charge in [-0.25, -0.2) is 4.79 Å². The van der Waals surface area contributed by atoms with Gasteiger partial charge in [0.15, 0.2) is 0 Å². The standard InChI is InChI=1S/C17H22N2OS.C16H21NO3.C15H17NO.C9H14O3.C7H9NO/c1-20-12-7-8-16-14(11-12)17(21-10-4-9-18)13-5-2-3-6-15(13)19-16;1-3-20-16(18)14-6-4-5-7-15(14)17-12-8-10-13(19-2)11-9-12;1-10-12-5-3-4-6-14(12)16-15-8-7-11(17-2)9-13(10)15;1-2-12-9(11)7-5-3-4-6-8(7)10;1-9-7-4-2-6(8)3-5-7/h7-8,11H,2-6,9-10,18H2,1H3;8-11,17H,3-7H2,1-2H3;7-9,16H,1,3-6H2,2H3;7H,2-6H2,1H3;2-5H,8H2,1H3. The average molecular weight is 1100 g/mol. The van der Waals surface area contributed by atoms with Crippen molar-refractivity contribution in [1.82, 2.24) is 4.98 Å². The highest BCUT2D eigenvalue weighted by molar-refractivity contribution is 7.99. The molecule has 14 nitrogen and oxygen atoms in total. The number of carbonyl (C=O) groups is 3. The highest BCUT2D eigenvalue weighted by Gasteiger charge is 2.30.